The van der Waals surface area contributed by atoms with E-state index in [-0.39, 0.29) is 0 Å². The highest BCUT2D eigenvalue weighted by Gasteiger charge is 2.45. The quantitative estimate of drug-likeness (QED) is 0.450. The summed E-state index contributed by atoms with van der Waals surface area (Å²) < 4.78 is 11.6. The van der Waals surface area contributed by atoms with Gasteiger partial charge in [0.15, 0.2) is 0 Å². The van der Waals surface area contributed by atoms with Gasteiger partial charge in [-0.05, 0) is 91.0 Å². The molecule has 6 nitrogen and oxygen atoms in total. The number of aliphatic hydroxyl groups is 4. The molecule has 1 saturated heterocycles. The Kier molecular flexibility index (Phi) is 8.27. The van der Waals surface area contributed by atoms with Crippen molar-refractivity contribution in [1.82, 2.24) is 0 Å². The Bertz CT molecular complexity index is 954. The Morgan fingerprint density at radius 3 is 2.38 bits per heavy atom. The van der Waals surface area contributed by atoms with Crippen LogP contribution in [0.1, 0.15) is 72.6 Å². The smallest absolute Gasteiger partial charge is 0.119 e. The minimum atomic E-state index is -1.38. The van der Waals surface area contributed by atoms with Crippen LogP contribution in [0.5, 0.6) is 5.75 Å². The zero-order valence-corrected chi connectivity index (χ0v) is 20.2. The van der Waals surface area contributed by atoms with Gasteiger partial charge in [0.25, 0.3) is 0 Å². The number of fused-ring (bicyclic) bond motifs is 1. The molecule has 4 N–H and O–H groups in total. The highest BCUT2D eigenvalue weighted by molar-refractivity contribution is 5.51. The van der Waals surface area contributed by atoms with E-state index in [1.54, 1.807) is 0 Å². The fraction of sp³-hybridized carbons (Fsp3) is 0.571. The van der Waals surface area contributed by atoms with Gasteiger partial charge < -0.3 is 29.9 Å². The van der Waals surface area contributed by atoms with Gasteiger partial charge in [-0.1, -0.05) is 31.5 Å². The summed E-state index contributed by atoms with van der Waals surface area (Å²) in [5.74, 6) is 0.855. The van der Waals surface area contributed by atoms with Gasteiger partial charge in [-0.15, -0.1) is 0 Å². The zero-order valence-electron chi connectivity index (χ0n) is 20.2. The monoisotopic (exact) mass is 470 g/mol. The minimum absolute atomic E-state index is 0.421. The fourth-order valence-corrected chi connectivity index (χ4v) is 5.48. The van der Waals surface area contributed by atoms with Crippen LogP contribution < -0.4 is 4.74 Å². The molecule has 0 saturated carbocycles. The summed E-state index contributed by atoms with van der Waals surface area (Å²) in [4.78, 5) is 0. The lowest BCUT2D eigenvalue weighted by molar-refractivity contribution is -0.231. The topological polar surface area (TPSA) is 99.4 Å². The van der Waals surface area contributed by atoms with Gasteiger partial charge in [0.05, 0.1) is 13.2 Å². The second-order valence-electron chi connectivity index (χ2n) is 9.52. The van der Waals surface area contributed by atoms with Crippen LogP contribution in [0.25, 0.3) is 0 Å². The molecule has 1 aliphatic carbocycles. The molecule has 2 aromatic rings. The molecule has 0 aromatic heterocycles. The summed E-state index contributed by atoms with van der Waals surface area (Å²) >= 11 is 0. The van der Waals surface area contributed by atoms with Crippen LogP contribution >= 0.6 is 0 Å². The Labute approximate surface area is 202 Å². The lowest BCUT2D eigenvalue weighted by atomic mass is 9.82. The predicted octanol–water partition coefficient (Wildman–Crippen LogP) is 3.02. The van der Waals surface area contributed by atoms with Gasteiger partial charge in [0.2, 0.25) is 0 Å². The second kappa shape index (κ2) is 11.2. The van der Waals surface area contributed by atoms with Crippen LogP contribution in [0.4, 0.5) is 0 Å². The van der Waals surface area contributed by atoms with Crippen molar-refractivity contribution in [2.24, 2.45) is 0 Å². The summed E-state index contributed by atoms with van der Waals surface area (Å²) in [5, 5.41) is 41.4. The Hall–Kier alpha value is -1.96. The molecule has 34 heavy (non-hydrogen) atoms. The van der Waals surface area contributed by atoms with Crippen molar-refractivity contribution in [2.75, 3.05) is 13.2 Å². The molecule has 0 amide bonds. The van der Waals surface area contributed by atoms with E-state index in [1.165, 1.54) is 27.8 Å². The molecule has 186 valence electrons. The first-order chi connectivity index (χ1) is 16.5. The third-order valence-electron chi connectivity index (χ3n) is 7.26. The number of ether oxygens (including phenoxy) is 2. The molecule has 1 heterocycles. The third-order valence-corrected chi connectivity index (χ3v) is 7.26. The molecule has 1 aliphatic heterocycles. The number of hydrogen-bond donors (Lipinski definition) is 4. The van der Waals surface area contributed by atoms with Crippen molar-refractivity contribution in [1.29, 1.82) is 0 Å². The first kappa shape index (κ1) is 25.1. The van der Waals surface area contributed by atoms with Crippen LogP contribution in [0.3, 0.4) is 0 Å². The van der Waals surface area contributed by atoms with E-state index in [2.05, 4.69) is 25.1 Å². The van der Waals surface area contributed by atoms with Crippen molar-refractivity contribution in [3.8, 4) is 5.75 Å². The Morgan fingerprint density at radius 2 is 1.71 bits per heavy atom. The molecule has 1 unspecified atom stereocenters. The number of hydrogen-bond acceptors (Lipinski definition) is 6. The highest BCUT2D eigenvalue weighted by atomic mass is 16.5. The average molecular weight is 471 g/mol. The number of unbranched alkanes of at least 4 members (excludes halogenated alkanes) is 1. The largest absolute Gasteiger partial charge is 0.494 e. The second-order valence-corrected chi connectivity index (χ2v) is 9.52. The molecule has 1 fully saturated rings. The van der Waals surface area contributed by atoms with E-state index in [1.807, 2.05) is 19.1 Å². The maximum Gasteiger partial charge on any atom is 0.119 e. The molecular weight excluding hydrogens is 432 g/mol. The van der Waals surface area contributed by atoms with Crippen molar-refractivity contribution in [3.05, 3.63) is 63.7 Å². The normalized spacial score (nSPS) is 26.5. The maximum atomic E-state index is 10.9. The summed E-state index contributed by atoms with van der Waals surface area (Å²) in [7, 11) is 0. The van der Waals surface area contributed by atoms with Gasteiger partial charge in [0, 0.05) is 0 Å². The molecule has 5 atom stereocenters. The standard InChI is InChI=1S/C28H38O6/c1-3-5-7-22-21-9-6-8-20(21)18(14-17-10-12-19(13-11-17)33-4-2)15-23(22)28-27(32)26(31)25(30)24(16-29)34-28/h10-13,15,24-32H,3-9,14,16H2,1-2H3/t24?,25-,26-,27-,28-/m0/s1. The van der Waals surface area contributed by atoms with E-state index in [4.69, 9.17) is 9.47 Å². The van der Waals surface area contributed by atoms with Crippen LogP contribution in [0, 0.1) is 0 Å². The minimum Gasteiger partial charge on any atom is -0.494 e. The Morgan fingerprint density at radius 1 is 0.971 bits per heavy atom. The van der Waals surface area contributed by atoms with E-state index in [0.717, 1.165) is 56.3 Å². The summed E-state index contributed by atoms with van der Waals surface area (Å²) in [6.45, 7) is 4.34. The molecule has 0 radical (unpaired) electrons. The number of aliphatic hydroxyl groups excluding tert-OH is 4. The average Bonchev–Trinajstić information content (AvgIpc) is 3.34. The number of benzene rings is 2. The van der Waals surface area contributed by atoms with Gasteiger partial charge in [-0.3, -0.25) is 0 Å². The highest BCUT2D eigenvalue weighted by Crippen LogP contribution is 2.40. The van der Waals surface area contributed by atoms with Gasteiger partial charge in [0.1, 0.15) is 36.3 Å². The summed E-state index contributed by atoms with van der Waals surface area (Å²) in [6, 6.07) is 10.3. The SMILES string of the molecule is CCCCc1c([C@@H]2OC(CO)[C@H](O)[C@H](O)[C@@H]2O)cc(Cc2ccc(OCC)cc2)c2c1CCC2. The fourth-order valence-electron chi connectivity index (χ4n) is 5.48. The van der Waals surface area contributed by atoms with Crippen molar-refractivity contribution < 1.29 is 29.9 Å². The summed E-state index contributed by atoms with van der Waals surface area (Å²) in [6.07, 6.45) is 1.14. The van der Waals surface area contributed by atoms with Crippen LogP contribution in [-0.2, 0) is 30.4 Å². The third kappa shape index (κ3) is 5.02. The van der Waals surface area contributed by atoms with Crippen LogP contribution in [0.2, 0.25) is 0 Å². The molecular formula is C28H38O6. The first-order valence-corrected chi connectivity index (χ1v) is 12.7. The number of rotatable bonds is 9. The predicted molar refractivity (Wildman–Crippen MR) is 130 cm³/mol. The van der Waals surface area contributed by atoms with Gasteiger partial charge in [-0.2, -0.15) is 0 Å². The molecule has 2 aromatic carbocycles. The lowest BCUT2D eigenvalue weighted by Crippen LogP contribution is -2.55. The van der Waals surface area contributed by atoms with Crippen molar-refractivity contribution in [3.63, 3.8) is 0 Å². The molecule has 0 bridgehead atoms. The van der Waals surface area contributed by atoms with E-state index in [0.29, 0.717) is 6.61 Å². The van der Waals surface area contributed by atoms with Crippen LogP contribution in [-0.4, -0.2) is 58.1 Å². The first-order valence-electron chi connectivity index (χ1n) is 12.7. The molecule has 2 aliphatic rings. The van der Waals surface area contributed by atoms with Crippen molar-refractivity contribution in [2.45, 2.75) is 89.3 Å². The lowest BCUT2D eigenvalue weighted by Gasteiger charge is -2.41. The molecule has 0 spiro atoms. The summed E-state index contributed by atoms with van der Waals surface area (Å²) in [5.41, 5.74) is 7.22. The van der Waals surface area contributed by atoms with Gasteiger partial charge >= 0.3 is 0 Å². The maximum absolute atomic E-state index is 10.9. The van der Waals surface area contributed by atoms with E-state index >= 15 is 0 Å². The zero-order chi connectivity index (χ0) is 24.2. The molecule has 4 rings (SSSR count). The van der Waals surface area contributed by atoms with E-state index in [9.17, 15) is 20.4 Å². The van der Waals surface area contributed by atoms with Gasteiger partial charge in [-0.25, -0.2) is 0 Å². The van der Waals surface area contributed by atoms with Crippen molar-refractivity contribution >= 4 is 0 Å². The molecule has 6 heteroatoms. The van der Waals surface area contributed by atoms with Crippen LogP contribution in [0.15, 0.2) is 30.3 Å². The Balaban J connectivity index is 1.75. The van der Waals surface area contributed by atoms with E-state index < -0.39 is 37.1 Å².